The first-order valence-corrected chi connectivity index (χ1v) is 8.70. The van der Waals surface area contributed by atoms with Gasteiger partial charge in [-0.25, -0.2) is 0 Å². The number of ether oxygens (including phenoxy) is 4. The van der Waals surface area contributed by atoms with Gasteiger partial charge in [-0.15, -0.1) is 0 Å². The number of nitrogens with one attached hydrogen (secondary N) is 1. The van der Waals surface area contributed by atoms with Crippen molar-refractivity contribution >= 4 is 5.91 Å². The number of benzene rings is 2. The van der Waals surface area contributed by atoms with Gasteiger partial charge in [0.15, 0.2) is 17.6 Å². The smallest absolute Gasteiger partial charge is 0.261 e. The topological polar surface area (TPSA) is 66.0 Å². The lowest BCUT2D eigenvalue weighted by Crippen LogP contribution is -2.36. The Kier molecular flexibility index (Phi) is 6.93. The maximum absolute atomic E-state index is 12.4. The summed E-state index contributed by atoms with van der Waals surface area (Å²) in [5.41, 5.74) is 2.98. The van der Waals surface area contributed by atoms with E-state index < -0.39 is 6.10 Å². The Morgan fingerprint density at radius 2 is 1.63 bits per heavy atom. The van der Waals surface area contributed by atoms with Crippen molar-refractivity contribution < 1.29 is 23.7 Å². The summed E-state index contributed by atoms with van der Waals surface area (Å²) in [4.78, 5) is 12.4. The molecule has 0 aliphatic carbocycles. The lowest BCUT2D eigenvalue weighted by Gasteiger charge is -2.18. The number of carbonyl (C=O) groups is 1. The van der Waals surface area contributed by atoms with Gasteiger partial charge in [-0.1, -0.05) is 12.1 Å². The van der Waals surface area contributed by atoms with Crippen LogP contribution in [0.5, 0.6) is 23.0 Å². The minimum absolute atomic E-state index is 0.204. The first-order chi connectivity index (χ1) is 12.9. The second-order valence-electron chi connectivity index (χ2n) is 6.21. The van der Waals surface area contributed by atoms with Gasteiger partial charge in [-0.2, -0.15) is 0 Å². The van der Waals surface area contributed by atoms with E-state index in [-0.39, 0.29) is 5.91 Å². The highest BCUT2D eigenvalue weighted by Gasteiger charge is 2.17. The van der Waals surface area contributed by atoms with Crippen LogP contribution in [-0.4, -0.2) is 33.3 Å². The van der Waals surface area contributed by atoms with Gasteiger partial charge in [0.05, 0.1) is 21.3 Å². The lowest BCUT2D eigenvalue weighted by atomic mass is 10.1. The number of carbonyl (C=O) groups excluding carboxylic acids is 1. The van der Waals surface area contributed by atoms with Crippen molar-refractivity contribution in [1.29, 1.82) is 0 Å². The molecule has 0 unspecified atom stereocenters. The highest BCUT2D eigenvalue weighted by Crippen LogP contribution is 2.38. The highest BCUT2D eigenvalue weighted by molar-refractivity contribution is 5.80. The number of hydrogen-bond acceptors (Lipinski definition) is 5. The van der Waals surface area contributed by atoms with Crippen LogP contribution >= 0.6 is 0 Å². The van der Waals surface area contributed by atoms with Crippen molar-refractivity contribution in [1.82, 2.24) is 5.32 Å². The van der Waals surface area contributed by atoms with Gasteiger partial charge in [0, 0.05) is 6.54 Å². The second kappa shape index (κ2) is 9.16. The van der Waals surface area contributed by atoms with Crippen molar-refractivity contribution in [3.8, 4) is 23.0 Å². The molecule has 0 saturated heterocycles. The average Bonchev–Trinajstić information content (AvgIpc) is 2.68. The van der Waals surface area contributed by atoms with Crippen LogP contribution in [0.25, 0.3) is 0 Å². The molecule has 6 nitrogen and oxygen atoms in total. The number of aryl methyl sites for hydroxylation is 1. The van der Waals surface area contributed by atoms with E-state index in [4.69, 9.17) is 18.9 Å². The fourth-order valence-electron chi connectivity index (χ4n) is 2.67. The van der Waals surface area contributed by atoms with Crippen LogP contribution in [0, 0.1) is 13.8 Å². The van der Waals surface area contributed by atoms with Gasteiger partial charge in [0.25, 0.3) is 5.91 Å². The normalized spacial score (nSPS) is 11.5. The number of hydrogen-bond donors (Lipinski definition) is 1. The van der Waals surface area contributed by atoms with Gasteiger partial charge in [0.1, 0.15) is 5.75 Å². The van der Waals surface area contributed by atoms with Crippen LogP contribution < -0.4 is 24.3 Å². The van der Waals surface area contributed by atoms with Crippen LogP contribution in [0.2, 0.25) is 0 Å². The molecule has 1 N–H and O–H groups in total. The van der Waals surface area contributed by atoms with E-state index in [0.29, 0.717) is 29.5 Å². The fraction of sp³-hybridized carbons (Fsp3) is 0.381. The standard InChI is InChI=1S/C21H27NO5/c1-13-8-7-9-17(14(13)2)27-15(3)21(23)22-12-16-10-18(24-4)20(26-6)19(11-16)25-5/h7-11,15H,12H2,1-6H3,(H,22,23)/t15-/m1/s1. The van der Waals surface area contributed by atoms with Crippen LogP contribution in [0.4, 0.5) is 0 Å². The highest BCUT2D eigenvalue weighted by atomic mass is 16.5. The Balaban J connectivity index is 2.05. The zero-order chi connectivity index (χ0) is 20.0. The Hall–Kier alpha value is -2.89. The van der Waals surface area contributed by atoms with E-state index in [2.05, 4.69) is 5.32 Å². The summed E-state index contributed by atoms with van der Waals surface area (Å²) in [6, 6.07) is 9.40. The van der Waals surface area contributed by atoms with Crippen molar-refractivity contribution in [2.75, 3.05) is 21.3 Å². The molecule has 2 aromatic rings. The fourth-order valence-corrected chi connectivity index (χ4v) is 2.67. The minimum atomic E-state index is -0.618. The number of rotatable bonds is 8. The maximum Gasteiger partial charge on any atom is 0.261 e. The SMILES string of the molecule is COc1cc(CNC(=O)[C@@H](C)Oc2cccc(C)c2C)cc(OC)c1OC. The summed E-state index contributed by atoms with van der Waals surface area (Å²) >= 11 is 0. The quantitative estimate of drug-likeness (QED) is 0.768. The molecule has 2 aromatic carbocycles. The zero-order valence-corrected chi connectivity index (χ0v) is 16.7. The first kappa shape index (κ1) is 20.4. The van der Waals surface area contributed by atoms with Gasteiger partial charge in [-0.3, -0.25) is 4.79 Å². The van der Waals surface area contributed by atoms with Gasteiger partial charge < -0.3 is 24.3 Å². The van der Waals surface area contributed by atoms with E-state index in [1.807, 2.05) is 32.0 Å². The summed E-state index contributed by atoms with van der Waals surface area (Å²) in [7, 11) is 4.66. The minimum Gasteiger partial charge on any atom is -0.493 e. The molecule has 146 valence electrons. The van der Waals surface area contributed by atoms with Crippen molar-refractivity contribution in [2.24, 2.45) is 0 Å². The van der Waals surface area contributed by atoms with E-state index >= 15 is 0 Å². The molecule has 0 bridgehead atoms. The lowest BCUT2D eigenvalue weighted by molar-refractivity contribution is -0.127. The Morgan fingerprint density at radius 1 is 1.00 bits per heavy atom. The van der Waals surface area contributed by atoms with Crippen molar-refractivity contribution in [2.45, 2.75) is 33.4 Å². The van der Waals surface area contributed by atoms with E-state index in [9.17, 15) is 4.79 Å². The maximum atomic E-state index is 12.4. The van der Waals surface area contributed by atoms with E-state index in [0.717, 1.165) is 16.7 Å². The van der Waals surface area contributed by atoms with Crippen LogP contribution in [0.1, 0.15) is 23.6 Å². The third-order valence-corrected chi connectivity index (χ3v) is 4.42. The van der Waals surface area contributed by atoms with Crippen molar-refractivity contribution in [3.05, 3.63) is 47.0 Å². The third-order valence-electron chi connectivity index (χ3n) is 4.42. The summed E-state index contributed by atoms with van der Waals surface area (Å²) in [5.74, 6) is 2.11. The first-order valence-electron chi connectivity index (χ1n) is 8.70. The van der Waals surface area contributed by atoms with Gasteiger partial charge >= 0.3 is 0 Å². The van der Waals surface area contributed by atoms with Crippen LogP contribution in [0.15, 0.2) is 30.3 Å². The summed E-state index contributed by atoms with van der Waals surface area (Å²) in [6.45, 7) is 6.03. The zero-order valence-electron chi connectivity index (χ0n) is 16.7. The Morgan fingerprint density at radius 3 is 2.19 bits per heavy atom. The summed E-state index contributed by atoms with van der Waals surface area (Å²) < 4.78 is 21.8. The molecule has 1 atom stereocenters. The summed E-state index contributed by atoms with van der Waals surface area (Å²) in [5, 5.41) is 2.88. The molecule has 0 fully saturated rings. The van der Waals surface area contributed by atoms with Gasteiger partial charge in [0.2, 0.25) is 5.75 Å². The molecule has 0 heterocycles. The van der Waals surface area contributed by atoms with E-state index in [1.165, 1.54) is 0 Å². The molecule has 0 aliphatic heterocycles. The molecule has 0 aliphatic rings. The number of amides is 1. The van der Waals surface area contributed by atoms with Crippen LogP contribution in [-0.2, 0) is 11.3 Å². The molecule has 0 saturated carbocycles. The van der Waals surface area contributed by atoms with E-state index in [1.54, 1.807) is 40.4 Å². The summed E-state index contributed by atoms with van der Waals surface area (Å²) in [6.07, 6.45) is -0.618. The molecular weight excluding hydrogens is 346 g/mol. The predicted molar refractivity (Wildman–Crippen MR) is 104 cm³/mol. The van der Waals surface area contributed by atoms with Gasteiger partial charge in [-0.05, 0) is 55.7 Å². The average molecular weight is 373 g/mol. The molecule has 6 heteroatoms. The monoisotopic (exact) mass is 373 g/mol. The molecule has 0 radical (unpaired) electrons. The third kappa shape index (κ3) is 4.84. The molecule has 27 heavy (non-hydrogen) atoms. The molecule has 0 spiro atoms. The van der Waals surface area contributed by atoms with Crippen LogP contribution in [0.3, 0.4) is 0 Å². The molecule has 1 amide bonds. The molecule has 0 aromatic heterocycles. The predicted octanol–water partition coefficient (Wildman–Crippen LogP) is 3.41. The number of methoxy groups -OCH3 is 3. The second-order valence-corrected chi connectivity index (χ2v) is 6.21. The molecular formula is C21H27NO5. The van der Waals surface area contributed by atoms with Crippen molar-refractivity contribution in [3.63, 3.8) is 0 Å². The Labute approximate surface area is 160 Å². The largest absolute Gasteiger partial charge is 0.493 e. The Bertz CT molecular complexity index is 778. The molecule has 2 rings (SSSR count).